The van der Waals surface area contributed by atoms with Crippen molar-refractivity contribution in [2.45, 2.75) is 20.0 Å². The van der Waals surface area contributed by atoms with E-state index >= 15 is 0 Å². The second-order valence-electron chi connectivity index (χ2n) is 6.58. The zero-order chi connectivity index (χ0) is 20.3. The fraction of sp³-hybridized carbons (Fsp3) is 0.208. The van der Waals surface area contributed by atoms with Gasteiger partial charge in [0, 0.05) is 23.5 Å². The van der Waals surface area contributed by atoms with E-state index in [0.717, 1.165) is 29.2 Å². The molecule has 3 aromatic rings. The van der Waals surface area contributed by atoms with Gasteiger partial charge in [-0.3, -0.25) is 4.79 Å². The molecule has 0 saturated carbocycles. The molecule has 0 unspecified atom stereocenters. The number of benzene rings is 3. The van der Waals surface area contributed by atoms with E-state index in [1.54, 1.807) is 0 Å². The Kier molecular flexibility index (Phi) is 7.52. The standard InChI is InChI=1S/C24H26N2O3/c1-2-14-28-22-12-7-11-21(16-22)26-24(27)17-25-20-10-6-13-23(15-20)29-18-19-8-4-3-5-9-19/h3-13,15-16,25H,2,14,17-18H2,1H3,(H,26,27). The second kappa shape index (κ2) is 10.8. The van der Waals surface area contributed by atoms with Crippen LogP contribution in [0.2, 0.25) is 0 Å². The maximum atomic E-state index is 12.3. The summed E-state index contributed by atoms with van der Waals surface area (Å²) in [4.78, 5) is 12.3. The first kappa shape index (κ1) is 20.3. The van der Waals surface area contributed by atoms with E-state index in [9.17, 15) is 4.79 Å². The smallest absolute Gasteiger partial charge is 0.243 e. The SMILES string of the molecule is CCCOc1cccc(NC(=O)CNc2cccc(OCc3ccccc3)c2)c1. The molecule has 5 heteroatoms. The van der Waals surface area contributed by atoms with E-state index < -0.39 is 0 Å². The summed E-state index contributed by atoms with van der Waals surface area (Å²) in [5, 5.41) is 6.01. The lowest BCUT2D eigenvalue weighted by atomic mass is 10.2. The van der Waals surface area contributed by atoms with Crippen molar-refractivity contribution in [2.75, 3.05) is 23.8 Å². The minimum atomic E-state index is -0.131. The van der Waals surface area contributed by atoms with Gasteiger partial charge in [0.25, 0.3) is 0 Å². The number of hydrogen-bond donors (Lipinski definition) is 2. The van der Waals surface area contributed by atoms with Crippen molar-refractivity contribution in [3.8, 4) is 11.5 Å². The first-order valence-corrected chi connectivity index (χ1v) is 9.76. The molecule has 0 aliphatic carbocycles. The van der Waals surface area contributed by atoms with Crippen LogP contribution in [0.3, 0.4) is 0 Å². The van der Waals surface area contributed by atoms with Gasteiger partial charge in [0.15, 0.2) is 0 Å². The summed E-state index contributed by atoms with van der Waals surface area (Å²) in [6, 6.07) is 25.0. The van der Waals surface area contributed by atoms with Crippen LogP contribution in [0.1, 0.15) is 18.9 Å². The van der Waals surface area contributed by atoms with Gasteiger partial charge in [-0.05, 0) is 36.2 Å². The lowest BCUT2D eigenvalue weighted by molar-refractivity contribution is -0.114. The van der Waals surface area contributed by atoms with E-state index in [4.69, 9.17) is 9.47 Å². The molecule has 3 aromatic carbocycles. The van der Waals surface area contributed by atoms with Crippen LogP contribution in [0.15, 0.2) is 78.9 Å². The average molecular weight is 390 g/mol. The van der Waals surface area contributed by atoms with Gasteiger partial charge in [-0.1, -0.05) is 49.4 Å². The topological polar surface area (TPSA) is 59.6 Å². The molecule has 0 aromatic heterocycles. The number of carbonyl (C=O) groups excluding carboxylic acids is 1. The normalized spacial score (nSPS) is 10.2. The minimum Gasteiger partial charge on any atom is -0.494 e. The monoisotopic (exact) mass is 390 g/mol. The predicted molar refractivity (Wildman–Crippen MR) is 117 cm³/mol. The van der Waals surface area contributed by atoms with E-state index in [2.05, 4.69) is 17.6 Å². The Labute approximate surface area is 171 Å². The molecule has 1 amide bonds. The highest BCUT2D eigenvalue weighted by atomic mass is 16.5. The van der Waals surface area contributed by atoms with Gasteiger partial charge in [0.2, 0.25) is 5.91 Å². The Balaban J connectivity index is 1.48. The zero-order valence-corrected chi connectivity index (χ0v) is 16.6. The van der Waals surface area contributed by atoms with Crippen molar-refractivity contribution in [1.29, 1.82) is 0 Å². The van der Waals surface area contributed by atoms with Crippen LogP contribution in [0.4, 0.5) is 11.4 Å². The van der Waals surface area contributed by atoms with Gasteiger partial charge in [-0.2, -0.15) is 0 Å². The molecule has 0 bridgehead atoms. The highest BCUT2D eigenvalue weighted by molar-refractivity contribution is 5.93. The molecule has 150 valence electrons. The third-order valence-electron chi connectivity index (χ3n) is 4.13. The molecule has 0 aliphatic heterocycles. The number of anilines is 2. The van der Waals surface area contributed by atoms with Crippen LogP contribution in [-0.4, -0.2) is 19.1 Å². The third-order valence-corrected chi connectivity index (χ3v) is 4.13. The van der Waals surface area contributed by atoms with Crippen LogP contribution in [0.5, 0.6) is 11.5 Å². The molecule has 0 spiro atoms. The molecule has 0 radical (unpaired) electrons. The van der Waals surface area contributed by atoms with E-state index in [1.807, 2.05) is 78.9 Å². The van der Waals surface area contributed by atoms with Gasteiger partial charge < -0.3 is 20.1 Å². The Bertz CT molecular complexity index is 913. The summed E-state index contributed by atoms with van der Waals surface area (Å²) in [5.74, 6) is 1.37. The quantitative estimate of drug-likeness (QED) is 0.505. The largest absolute Gasteiger partial charge is 0.494 e. The van der Waals surface area contributed by atoms with E-state index in [0.29, 0.717) is 18.9 Å². The fourth-order valence-corrected chi connectivity index (χ4v) is 2.71. The number of hydrogen-bond acceptors (Lipinski definition) is 4. The van der Waals surface area contributed by atoms with Crippen molar-refractivity contribution in [3.05, 3.63) is 84.4 Å². The summed E-state index contributed by atoms with van der Waals surface area (Å²) in [6.07, 6.45) is 0.939. The van der Waals surface area contributed by atoms with Gasteiger partial charge >= 0.3 is 0 Å². The maximum absolute atomic E-state index is 12.3. The van der Waals surface area contributed by atoms with Gasteiger partial charge in [0.1, 0.15) is 18.1 Å². The summed E-state index contributed by atoms with van der Waals surface area (Å²) in [7, 11) is 0. The van der Waals surface area contributed by atoms with Crippen LogP contribution in [0.25, 0.3) is 0 Å². The third kappa shape index (κ3) is 6.88. The van der Waals surface area contributed by atoms with Gasteiger partial charge in [0.05, 0.1) is 13.2 Å². The summed E-state index contributed by atoms with van der Waals surface area (Å²) >= 11 is 0. The second-order valence-corrected chi connectivity index (χ2v) is 6.58. The molecule has 2 N–H and O–H groups in total. The molecule has 0 atom stereocenters. The zero-order valence-electron chi connectivity index (χ0n) is 16.6. The molecule has 3 rings (SSSR count). The molecule has 0 heterocycles. The highest BCUT2D eigenvalue weighted by Gasteiger charge is 2.05. The number of rotatable bonds is 10. The van der Waals surface area contributed by atoms with Crippen molar-refractivity contribution in [2.24, 2.45) is 0 Å². The lowest BCUT2D eigenvalue weighted by Crippen LogP contribution is -2.21. The Morgan fingerprint density at radius 1 is 0.828 bits per heavy atom. The first-order valence-electron chi connectivity index (χ1n) is 9.76. The number of carbonyl (C=O) groups is 1. The number of nitrogens with one attached hydrogen (secondary N) is 2. The Morgan fingerprint density at radius 3 is 2.28 bits per heavy atom. The van der Waals surface area contributed by atoms with Crippen LogP contribution in [0, 0.1) is 0 Å². The van der Waals surface area contributed by atoms with Crippen molar-refractivity contribution in [3.63, 3.8) is 0 Å². The minimum absolute atomic E-state index is 0.131. The van der Waals surface area contributed by atoms with Crippen molar-refractivity contribution in [1.82, 2.24) is 0 Å². The highest BCUT2D eigenvalue weighted by Crippen LogP contribution is 2.19. The van der Waals surface area contributed by atoms with E-state index in [1.165, 1.54) is 0 Å². The fourth-order valence-electron chi connectivity index (χ4n) is 2.71. The van der Waals surface area contributed by atoms with Gasteiger partial charge in [-0.25, -0.2) is 0 Å². The van der Waals surface area contributed by atoms with Crippen LogP contribution in [-0.2, 0) is 11.4 Å². The molecular formula is C24H26N2O3. The molecule has 0 saturated heterocycles. The lowest BCUT2D eigenvalue weighted by Gasteiger charge is -2.11. The van der Waals surface area contributed by atoms with Crippen molar-refractivity contribution >= 4 is 17.3 Å². The summed E-state index contributed by atoms with van der Waals surface area (Å²) in [5.41, 5.74) is 2.64. The molecule has 0 aliphatic rings. The molecule has 0 fully saturated rings. The van der Waals surface area contributed by atoms with Crippen LogP contribution < -0.4 is 20.1 Å². The van der Waals surface area contributed by atoms with E-state index in [-0.39, 0.29) is 12.5 Å². The first-order chi connectivity index (χ1) is 14.2. The summed E-state index contributed by atoms with van der Waals surface area (Å²) in [6.45, 7) is 3.37. The molecular weight excluding hydrogens is 364 g/mol. The predicted octanol–water partition coefficient (Wildman–Crippen LogP) is 5.11. The Hall–Kier alpha value is -3.47. The van der Waals surface area contributed by atoms with Gasteiger partial charge in [-0.15, -0.1) is 0 Å². The number of amides is 1. The maximum Gasteiger partial charge on any atom is 0.243 e. The molecule has 5 nitrogen and oxygen atoms in total. The van der Waals surface area contributed by atoms with Crippen molar-refractivity contribution < 1.29 is 14.3 Å². The molecule has 29 heavy (non-hydrogen) atoms. The average Bonchev–Trinajstić information content (AvgIpc) is 2.76. The Morgan fingerprint density at radius 2 is 1.52 bits per heavy atom. The number of ether oxygens (including phenoxy) is 2. The summed E-state index contributed by atoms with van der Waals surface area (Å²) < 4.78 is 11.4. The van der Waals surface area contributed by atoms with Crippen LogP contribution >= 0.6 is 0 Å².